The zero-order chi connectivity index (χ0) is 14.4. The van der Waals surface area contributed by atoms with Gasteiger partial charge >= 0.3 is 5.97 Å². The van der Waals surface area contributed by atoms with Crippen LogP contribution < -0.4 is 9.47 Å². The summed E-state index contributed by atoms with van der Waals surface area (Å²) in [4.78, 5) is 10.6. The third-order valence-electron chi connectivity index (χ3n) is 3.32. The minimum absolute atomic E-state index is 0.131. The van der Waals surface area contributed by atoms with Gasteiger partial charge in [0.1, 0.15) is 6.10 Å². The molecule has 0 aromatic heterocycles. The summed E-state index contributed by atoms with van der Waals surface area (Å²) in [6, 6.07) is 5.65. The van der Waals surface area contributed by atoms with Gasteiger partial charge in [-0.25, -0.2) is 0 Å². The summed E-state index contributed by atoms with van der Waals surface area (Å²) in [5.74, 6) is 2.92. The van der Waals surface area contributed by atoms with Gasteiger partial charge in [-0.05, 0) is 48.5 Å². The second-order valence-corrected chi connectivity index (χ2v) is 6.03. The summed E-state index contributed by atoms with van der Waals surface area (Å²) in [5.41, 5.74) is 0.966. The van der Waals surface area contributed by atoms with Crippen LogP contribution in [0.5, 0.6) is 11.5 Å². The van der Waals surface area contributed by atoms with Crippen LogP contribution >= 0.6 is 11.8 Å². The van der Waals surface area contributed by atoms with E-state index in [4.69, 9.17) is 14.6 Å². The zero-order valence-electron chi connectivity index (χ0n) is 11.6. The molecule has 20 heavy (non-hydrogen) atoms. The van der Waals surface area contributed by atoms with Crippen LogP contribution in [0.3, 0.4) is 0 Å². The van der Waals surface area contributed by atoms with Crippen LogP contribution in [0.1, 0.15) is 24.8 Å². The second-order valence-electron chi connectivity index (χ2n) is 4.81. The number of methoxy groups -OCH3 is 1. The molecule has 1 fully saturated rings. The van der Waals surface area contributed by atoms with Crippen molar-refractivity contribution in [3.8, 4) is 11.5 Å². The number of carbonyl (C=O) groups is 1. The Balaban J connectivity index is 2.07. The number of carboxylic acid groups (broad SMARTS) is 1. The van der Waals surface area contributed by atoms with Crippen molar-refractivity contribution in [3.05, 3.63) is 23.8 Å². The van der Waals surface area contributed by atoms with Crippen LogP contribution in [0.2, 0.25) is 0 Å². The number of carboxylic acids is 1. The monoisotopic (exact) mass is 296 g/mol. The zero-order valence-corrected chi connectivity index (χ0v) is 12.4. The minimum atomic E-state index is -0.785. The molecule has 0 spiro atoms. The highest BCUT2D eigenvalue weighted by Crippen LogP contribution is 2.32. The van der Waals surface area contributed by atoms with Gasteiger partial charge in [0.15, 0.2) is 11.5 Å². The van der Waals surface area contributed by atoms with Crippen LogP contribution in [0.15, 0.2) is 18.2 Å². The lowest BCUT2D eigenvalue weighted by molar-refractivity contribution is -0.136. The molecule has 0 atom stereocenters. The fourth-order valence-electron chi connectivity index (χ4n) is 2.19. The van der Waals surface area contributed by atoms with E-state index in [0.717, 1.165) is 35.7 Å². The molecule has 1 N–H and O–H groups in total. The van der Waals surface area contributed by atoms with Crippen LogP contribution in [0.4, 0.5) is 0 Å². The molecule has 1 aromatic carbocycles. The molecule has 0 radical (unpaired) electrons. The summed E-state index contributed by atoms with van der Waals surface area (Å²) >= 11 is 1.96. The molecule has 1 saturated heterocycles. The molecule has 0 aliphatic carbocycles. The average molecular weight is 296 g/mol. The Labute approximate surface area is 123 Å². The molecular weight excluding hydrogens is 276 g/mol. The van der Waals surface area contributed by atoms with E-state index in [0.29, 0.717) is 12.2 Å². The summed E-state index contributed by atoms with van der Waals surface area (Å²) < 4.78 is 11.4. The van der Waals surface area contributed by atoms with E-state index in [1.807, 2.05) is 30.0 Å². The third kappa shape index (κ3) is 4.34. The molecule has 0 bridgehead atoms. The molecule has 1 aliphatic heterocycles. The Morgan fingerprint density at radius 3 is 2.75 bits per heavy atom. The van der Waals surface area contributed by atoms with Gasteiger partial charge in [0, 0.05) is 6.42 Å². The molecule has 0 amide bonds. The number of thioether (sulfide) groups is 1. The van der Waals surface area contributed by atoms with Gasteiger partial charge in [-0.1, -0.05) is 6.07 Å². The van der Waals surface area contributed by atoms with Crippen LogP contribution in [0, 0.1) is 0 Å². The molecule has 5 heteroatoms. The Kier molecular flexibility index (Phi) is 5.59. The molecule has 1 aromatic rings. The number of ether oxygens (including phenoxy) is 2. The van der Waals surface area contributed by atoms with Gasteiger partial charge in [0.05, 0.1) is 7.11 Å². The summed E-state index contributed by atoms with van der Waals surface area (Å²) in [6.45, 7) is 0. The van der Waals surface area contributed by atoms with Gasteiger partial charge < -0.3 is 14.6 Å². The average Bonchev–Trinajstić information content (AvgIpc) is 2.46. The van der Waals surface area contributed by atoms with Gasteiger partial charge in [0.2, 0.25) is 0 Å². The Bertz CT molecular complexity index is 455. The quantitative estimate of drug-likeness (QED) is 0.874. The molecule has 0 saturated carbocycles. The number of benzene rings is 1. The second kappa shape index (κ2) is 7.43. The van der Waals surface area contributed by atoms with Crippen molar-refractivity contribution in [2.24, 2.45) is 0 Å². The molecular formula is C15H20O4S. The summed E-state index contributed by atoms with van der Waals surface area (Å²) in [7, 11) is 1.62. The number of rotatable bonds is 6. The Hall–Kier alpha value is -1.36. The van der Waals surface area contributed by atoms with Gasteiger partial charge in [0.25, 0.3) is 0 Å². The van der Waals surface area contributed by atoms with Crippen LogP contribution in [-0.4, -0.2) is 35.8 Å². The predicted octanol–water partition coefficient (Wildman–Crippen LogP) is 2.99. The van der Waals surface area contributed by atoms with Crippen LogP contribution in [-0.2, 0) is 11.2 Å². The predicted molar refractivity (Wildman–Crippen MR) is 79.9 cm³/mol. The van der Waals surface area contributed by atoms with E-state index in [9.17, 15) is 4.79 Å². The molecule has 4 nitrogen and oxygen atoms in total. The molecule has 1 aliphatic rings. The number of hydrogen-bond acceptors (Lipinski definition) is 4. The molecule has 1 heterocycles. The SMILES string of the molecule is COc1ccc(CCC(=O)O)cc1OC1CCSCC1. The van der Waals surface area contributed by atoms with Crippen molar-refractivity contribution >= 4 is 17.7 Å². The highest BCUT2D eigenvalue weighted by molar-refractivity contribution is 7.99. The van der Waals surface area contributed by atoms with E-state index in [-0.39, 0.29) is 12.5 Å². The maximum atomic E-state index is 10.6. The third-order valence-corrected chi connectivity index (χ3v) is 4.37. The van der Waals surface area contributed by atoms with Crippen molar-refractivity contribution < 1.29 is 19.4 Å². The molecule has 2 rings (SSSR count). The van der Waals surface area contributed by atoms with Crippen molar-refractivity contribution in [1.29, 1.82) is 0 Å². The first-order valence-corrected chi connectivity index (χ1v) is 7.97. The summed E-state index contributed by atoms with van der Waals surface area (Å²) in [6.07, 6.45) is 2.97. The van der Waals surface area contributed by atoms with Crippen LogP contribution in [0.25, 0.3) is 0 Å². The largest absolute Gasteiger partial charge is 0.493 e. The maximum absolute atomic E-state index is 10.6. The van der Waals surface area contributed by atoms with E-state index in [1.54, 1.807) is 7.11 Å². The fraction of sp³-hybridized carbons (Fsp3) is 0.533. The number of aryl methyl sites for hydroxylation is 1. The van der Waals surface area contributed by atoms with Crippen molar-refractivity contribution in [1.82, 2.24) is 0 Å². The smallest absolute Gasteiger partial charge is 0.303 e. The van der Waals surface area contributed by atoms with Crippen molar-refractivity contribution in [2.45, 2.75) is 31.8 Å². The lowest BCUT2D eigenvalue weighted by Crippen LogP contribution is -2.22. The minimum Gasteiger partial charge on any atom is -0.493 e. The van der Waals surface area contributed by atoms with Crippen molar-refractivity contribution in [2.75, 3.05) is 18.6 Å². The Morgan fingerprint density at radius 1 is 1.35 bits per heavy atom. The maximum Gasteiger partial charge on any atom is 0.303 e. The number of aliphatic carboxylic acids is 1. The van der Waals surface area contributed by atoms with E-state index in [1.165, 1.54) is 0 Å². The Morgan fingerprint density at radius 2 is 2.10 bits per heavy atom. The topological polar surface area (TPSA) is 55.8 Å². The lowest BCUT2D eigenvalue weighted by atomic mass is 10.1. The van der Waals surface area contributed by atoms with E-state index in [2.05, 4.69) is 0 Å². The lowest BCUT2D eigenvalue weighted by Gasteiger charge is -2.24. The normalized spacial score (nSPS) is 15.8. The molecule has 110 valence electrons. The van der Waals surface area contributed by atoms with Gasteiger partial charge in [-0.15, -0.1) is 0 Å². The van der Waals surface area contributed by atoms with Gasteiger partial charge in [-0.2, -0.15) is 11.8 Å². The van der Waals surface area contributed by atoms with E-state index >= 15 is 0 Å². The fourth-order valence-corrected chi connectivity index (χ4v) is 3.26. The summed E-state index contributed by atoms with van der Waals surface area (Å²) in [5, 5.41) is 8.75. The first-order valence-electron chi connectivity index (χ1n) is 6.82. The molecule has 0 unspecified atom stereocenters. The first-order chi connectivity index (χ1) is 9.69. The highest BCUT2D eigenvalue weighted by Gasteiger charge is 2.17. The van der Waals surface area contributed by atoms with Crippen molar-refractivity contribution in [3.63, 3.8) is 0 Å². The first kappa shape index (κ1) is 15.0. The van der Waals surface area contributed by atoms with E-state index < -0.39 is 5.97 Å². The highest BCUT2D eigenvalue weighted by atomic mass is 32.2. The number of hydrogen-bond donors (Lipinski definition) is 1. The van der Waals surface area contributed by atoms with Gasteiger partial charge in [-0.3, -0.25) is 4.79 Å². The standard InChI is InChI=1S/C15H20O4S/c1-18-13-4-2-11(3-5-15(16)17)10-14(13)19-12-6-8-20-9-7-12/h2,4,10,12H,3,5-9H2,1H3,(H,16,17).